The topological polar surface area (TPSA) is 59.8 Å². The van der Waals surface area contributed by atoms with Gasteiger partial charge in [0.25, 0.3) is 5.91 Å². The van der Waals surface area contributed by atoms with Gasteiger partial charge in [0.1, 0.15) is 5.82 Å². The van der Waals surface area contributed by atoms with E-state index in [9.17, 15) is 4.79 Å². The van der Waals surface area contributed by atoms with Crippen molar-refractivity contribution in [2.24, 2.45) is 0 Å². The van der Waals surface area contributed by atoms with E-state index in [1.807, 2.05) is 28.8 Å². The second-order valence-electron chi connectivity index (χ2n) is 5.67. The largest absolute Gasteiger partial charge is 0.297 e. The number of rotatable bonds is 4. The van der Waals surface area contributed by atoms with Crippen molar-refractivity contribution in [1.82, 2.24) is 14.8 Å². The first-order valence-electron chi connectivity index (χ1n) is 7.64. The van der Waals surface area contributed by atoms with Crippen LogP contribution in [0.1, 0.15) is 42.9 Å². The minimum atomic E-state index is -0.121. The normalized spacial score (nSPS) is 14.0. The van der Waals surface area contributed by atoms with Gasteiger partial charge in [-0.3, -0.25) is 14.7 Å². The van der Waals surface area contributed by atoms with E-state index in [-0.39, 0.29) is 5.91 Å². The first-order chi connectivity index (χ1) is 10.6. The number of nitrogens with one attached hydrogen (secondary N) is 1. The minimum Gasteiger partial charge on any atom is -0.297 e. The molecular weight excluding hydrogens is 296 g/mol. The van der Waals surface area contributed by atoms with Gasteiger partial charge in [-0.05, 0) is 25.0 Å². The van der Waals surface area contributed by atoms with E-state index in [4.69, 9.17) is 0 Å². The molecule has 0 saturated carbocycles. The molecule has 0 unspecified atom stereocenters. The van der Waals surface area contributed by atoms with Gasteiger partial charge in [-0.1, -0.05) is 26.0 Å². The number of hydrogen-bond acceptors (Lipinski definition) is 4. The third kappa shape index (κ3) is 3.16. The predicted molar refractivity (Wildman–Crippen MR) is 88.3 cm³/mol. The van der Waals surface area contributed by atoms with Crippen molar-refractivity contribution in [3.8, 4) is 0 Å². The summed E-state index contributed by atoms with van der Waals surface area (Å²) >= 11 is 1.69. The van der Waals surface area contributed by atoms with Gasteiger partial charge in [-0.2, -0.15) is 0 Å². The molecule has 2 aromatic rings. The summed E-state index contributed by atoms with van der Waals surface area (Å²) in [6.07, 6.45) is 3.18. The van der Waals surface area contributed by atoms with Gasteiger partial charge in [0.2, 0.25) is 5.95 Å². The number of aromatic nitrogens is 3. The predicted octanol–water partition coefficient (Wildman–Crippen LogP) is 3.37. The van der Waals surface area contributed by atoms with Gasteiger partial charge in [-0.25, -0.2) is 0 Å². The Kier molecular flexibility index (Phi) is 4.47. The van der Waals surface area contributed by atoms with E-state index < -0.39 is 0 Å². The molecule has 6 heteroatoms. The average molecular weight is 316 g/mol. The van der Waals surface area contributed by atoms with Crippen molar-refractivity contribution in [1.29, 1.82) is 0 Å². The number of benzene rings is 1. The van der Waals surface area contributed by atoms with Crippen molar-refractivity contribution < 1.29 is 4.79 Å². The van der Waals surface area contributed by atoms with Crippen LogP contribution < -0.4 is 5.32 Å². The number of anilines is 1. The van der Waals surface area contributed by atoms with Crippen molar-refractivity contribution in [3.05, 3.63) is 35.7 Å². The summed E-state index contributed by atoms with van der Waals surface area (Å²) < 4.78 is 2.01. The van der Waals surface area contributed by atoms with E-state index in [1.54, 1.807) is 11.8 Å². The van der Waals surface area contributed by atoms with Crippen LogP contribution in [0.3, 0.4) is 0 Å². The maximum atomic E-state index is 12.6. The van der Waals surface area contributed by atoms with Crippen LogP contribution in [0.25, 0.3) is 0 Å². The molecule has 0 atom stereocenters. The second-order valence-corrected chi connectivity index (χ2v) is 7.28. The van der Waals surface area contributed by atoms with Crippen molar-refractivity contribution in [3.63, 3.8) is 0 Å². The number of aryl methyl sites for hydroxylation is 1. The van der Waals surface area contributed by atoms with Crippen molar-refractivity contribution >= 4 is 23.6 Å². The zero-order chi connectivity index (χ0) is 15.5. The van der Waals surface area contributed by atoms with E-state index in [0.717, 1.165) is 36.5 Å². The summed E-state index contributed by atoms with van der Waals surface area (Å²) in [7, 11) is 0. The molecule has 1 aromatic heterocycles. The Bertz CT molecular complexity index is 681. The Morgan fingerprint density at radius 3 is 2.91 bits per heavy atom. The molecule has 1 amide bonds. The second kappa shape index (κ2) is 6.52. The Morgan fingerprint density at radius 1 is 1.27 bits per heavy atom. The van der Waals surface area contributed by atoms with Crippen LogP contribution in [-0.2, 0) is 13.0 Å². The van der Waals surface area contributed by atoms with Gasteiger partial charge in [-0.15, -0.1) is 22.0 Å². The molecule has 1 aliphatic heterocycles. The molecule has 0 spiro atoms. The van der Waals surface area contributed by atoms with Crippen LogP contribution in [-0.4, -0.2) is 25.9 Å². The summed E-state index contributed by atoms with van der Waals surface area (Å²) in [5.41, 5.74) is 0.689. The Labute approximate surface area is 134 Å². The molecular formula is C16H20N4OS. The number of thioether (sulfide) groups is 1. The van der Waals surface area contributed by atoms with Crippen LogP contribution in [0.4, 0.5) is 5.95 Å². The number of amides is 1. The van der Waals surface area contributed by atoms with Gasteiger partial charge in [0, 0.05) is 23.1 Å². The lowest BCUT2D eigenvalue weighted by Gasteiger charge is -2.15. The summed E-state index contributed by atoms with van der Waals surface area (Å²) in [5, 5.41) is 11.6. The molecule has 2 heterocycles. The lowest BCUT2D eigenvalue weighted by atomic mass is 10.2. The number of carbonyl (C=O) groups is 1. The average Bonchev–Trinajstić information content (AvgIpc) is 2.90. The fourth-order valence-corrected chi connectivity index (χ4v) is 3.53. The molecule has 116 valence electrons. The van der Waals surface area contributed by atoms with Crippen LogP contribution in [0.15, 0.2) is 29.2 Å². The molecule has 5 nitrogen and oxygen atoms in total. The maximum absolute atomic E-state index is 12.6. The Hall–Kier alpha value is -1.82. The van der Waals surface area contributed by atoms with Gasteiger partial charge in [0.15, 0.2) is 0 Å². The number of hydrogen-bond donors (Lipinski definition) is 1. The highest BCUT2D eigenvalue weighted by atomic mass is 32.2. The smallest absolute Gasteiger partial charge is 0.259 e. The van der Waals surface area contributed by atoms with Crippen LogP contribution in [0.2, 0.25) is 0 Å². The lowest BCUT2D eigenvalue weighted by molar-refractivity contribution is 0.102. The highest BCUT2D eigenvalue weighted by molar-refractivity contribution is 8.00. The number of nitrogens with zero attached hydrogens (tertiary/aromatic N) is 3. The van der Waals surface area contributed by atoms with E-state index in [0.29, 0.717) is 16.8 Å². The zero-order valence-electron chi connectivity index (χ0n) is 12.9. The monoisotopic (exact) mass is 316 g/mol. The number of carbonyl (C=O) groups excluding carboxylic acids is 1. The third-order valence-electron chi connectivity index (χ3n) is 3.58. The van der Waals surface area contributed by atoms with E-state index in [2.05, 4.69) is 29.4 Å². The molecule has 1 N–H and O–H groups in total. The highest BCUT2D eigenvalue weighted by Crippen LogP contribution is 2.27. The Balaban J connectivity index is 1.82. The first kappa shape index (κ1) is 15.1. The summed E-state index contributed by atoms with van der Waals surface area (Å²) in [6.45, 7) is 5.11. The van der Waals surface area contributed by atoms with Crippen LogP contribution >= 0.6 is 11.8 Å². The quantitative estimate of drug-likeness (QED) is 0.879. The summed E-state index contributed by atoms with van der Waals surface area (Å²) in [5.74, 6) is 1.40. The molecule has 0 bridgehead atoms. The van der Waals surface area contributed by atoms with E-state index in [1.165, 1.54) is 0 Å². The SMILES string of the molecule is CC(C)Sc1ccccc1C(=O)Nc1nnc2n1CCCC2. The Morgan fingerprint density at radius 2 is 2.09 bits per heavy atom. The standard InChI is InChI=1S/C16H20N4OS/c1-11(2)22-13-8-4-3-7-12(13)15(21)17-16-19-18-14-9-5-6-10-20(14)16/h3-4,7-8,11H,5-6,9-10H2,1-2H3,(H,17,19,21). The molecule has 22 heavy (non-hydrogen) atoms. The highest BCUT2D eigenvalue weighted by Gasteiger charge is 2.19. The lowest BCUT2D eigenvalue weighted by Crippen LogP contribution is -2.19. The molecule has 0 fully saturated rings. The fourth-order valence-electron chi connectivity index (χ4n) is 2.58. The molecule has 1 aliphatic rings. The number of fused-ring (bicyclic) bond motifs is 1. The van der Waals surface area contributed by atoms with Crippen LogP contribution in [0.5, 0.6) is 0 Å². The van der Waals surface area contributed by atoms with E-state index >= 15 is 0 Å². The molecule has 0 aliphatic carbocycles. The molecule has 1 aromatic carbocycles. The summed E-state index contributed by atoms with van der Waals surface area (Å²) in [4.78, 5) is 13.6. The fraction of sp³-hybridized carbons (Fsp3) is 0.438. The maximum Gasteiger partial charge on any atom is 0.259 e. The minimum absolute atomic E-state index is 0.121. The molecule has 0 saturated heterocycles. The third-order valence-corrected chi connectivity index (χ3v) is 4.66. The van der Waals surface area contributed by atoms with Crippen LogP contribution in [0, 0.1) is 0 Å². The summed E-state index contributed by atoms with van der Waals surface area (Å²) in [6, 6.07) is 7.69. The first-order valence-corrected chi connectivity index (χ1v) is 8.52. The van der Waals surface area contributed by atoms with Gasteiger partial charge < -0.3 is 0 Å². The zero-order valence-corrected chi connectivity index (χ0v) is 13.7. The van der Waals surface area contributed by atoms with Gasteiger partial charge in [0.05, 0.1) is 5.56 Å². The molecule has 3 rings (SSSR count). The van der Waals surface area contributed by atoms with Gasteiger partial charge >= 0.3 is 0 Å². The van der Waals surface area contributed by atoms with Crippen molar-refractivity contribution in [2.45, 2.75) is 49.8 Å². The molecule has 0 radical (unpaired) electrons. The van der Waals surface area contributed by atoms with Crippen molar-refractivity contribution in [2.75, 3.05) is 5.32 Å².